The van der Waals surface area contributed by atoms with Crippen LogP contribution in [0.25, 0.3) is 0 Å². The van der Waals surface area contributed by atoms with Gasteiger partial charge in [-0.1, -0.05) is 27.7 Å². The van der Waals surface area contributed by atoms with Crippen molar-refractivity contribution in [3.63, 3.8) is 0 Å². The Balaban J connectivity index is 1.71. The van der Waals surface area contributed by atoms with E-state index < -0.39 is 9.84 Å². The summed E-state index contributed by atoms with van der Waals surface area (Å²) in [4.78, 5) is 0. The highest BCUT2D eigenvalue weighted by molar-refractivity contribution is 7.91. The van der Waals surface area contributed by atoms with E-state index in [0.717, 1.165) is 32.4 Å². The normalized spacial score (nSPS) is 32.0. The van der Waals surface area contributed by atoms with E-state index in [9.17, 15) is 8.42 Å². The topological polar surface area (TPSA) is 55.4 Å². The van der Waals surface area contributed by atoms with Crippen LogP contribution in [0.15, 0.2) is 0 Å². The molecule has 4 nitrogen and oxygen atoms in total. The van der Waals surface area contributed by atoms with Crippen LogP contribution in [-0.4, -0.2) is 45.2 Å². The molecule has 1 aliphatic carbocycles. The molecule has 0 radical (unpaired) electrons. The number of sulfone groups is 1. The van der Waals surface area contributed by atoms with Gasteiger partial charge in [-0.25, -0.2) is 8.42 Å². The third-order valence-electron chi connectivity index (χ3n) is 5.14. The number of hydrogen-bond donors (Lipinski definition) is 1. The summed E-state index contributed by atoms with van der Waals surface area (Å²) < 4.78 is 28.9. The minimum Gasteiger partial charge on any atom is -0.377 e. The molecule has 0 unspecified atom stereocenters. The fourth-order valence-electron chi connectivity index (χ4n) is 3.28. The molecule has 5 heteroatoms. The van der Waals surface area contributed by atoms with Crippen molar-refractivity contribution in [3.8, 4) is 0 Å². The van der Waals surface area contributed by atoms with Gasteiger partial charge in [-0.15, -0.1) is 0 Å². The molecule has 2 fully saturated rings. The molecule has 1 saturated heterocycles. The molecule has 0 spiro atoms. The predicted molar refractivity (Wildman–Crippen MR) is 86.1 cm³/mol. The summed E-state index contributed by atoms with van der Waals surface area (Å²) >= 11 is 0. The number of nitrogens with one attached hydrogen (secondary N) is 1. The minimum atomic E-state index is -2.74. The van der Waals surface area contributed by atoms with Crippen LogP contribution in [0.4, 0.5) is 0 Å². The SMILES string of the molecule is CC(C)CO[C@H]1C[C@H](NCC2CCS(=O)(=O)CC2)C1(C)C. The summed E-state index contributed by atoms with van der Waals surface area (Å²) in [5.74, 6) is 1.83. The van der Waals surface area contributed by atoms with Crippen LogP contribution in [0, 0.1) is 17.3 Å². The van der Waals surface area contributed by atoms with E-state index >= 15 is 0 Å². The largest absolute Gasteiger partial charge is 0.377 e. The Labute approximate surface area is 129 Å². The van der Waals surface area contributed by atoms with Crippen LogP contribution < -0.4 is 5.32 Å². The van der Waals surface area contributed by atoms with E-state index in [1.165, 1.54) is 0 Å². The van der Waals surface area contributed by atoms with Gasteiger partial charge in [0.05, 0.1) is 17.6 Å². The lowest BCUT2D eigenvalue weighted by molar-refractivity contribution is -0.124. The van der Waals surface area contributed by atoms with Gasteiger partial charge >= 0.3 is 0 Å². The third-order valence-corrected chi connectivity index (χ3v) is 6.85. The Morgan fingerprint density at radius 1 is 1.24 bits per heavy atom. The van der Waals surface area contributed by atoms with Crippen LogP contribution in [0.1, 0.15) is 47.0 Å². The summed E-state index contributed by atoms with van der Waals surface area (Å²) in [7, 11) is -2.74. The van der Waals surface area contributed by atoms with Crippen LogP contribution >= 0.6 is 0 Å². The maximum absolute atomic E-state index is 11.4. The molecule has 2 rings (SSSR count). The van der Waals surface area contributed by atoms with Gasteiger partial charge in [0, 0.05) is 18.1 Å². The molecule has 0 aromatic carbocycles. The molecule has 124 valence electrons. The Kier molecular flexibility index (Phi) is 5.37. The second-order valence-electron chi connectivity index (χ2n) is 7.83. The summed E-state index contributed by atoms with van der Waals surface area (Å²) in [5, 5.41) is 3.65. The van der Waals surface area contributed by atoms with Crippen molar-refractivity contribution in [2.75, 3.05) is 24.7 Å². The molecule has 1 heterocycles. The molecule has 0 amide bonds. The van der Waals surface area contributed by atoms with Gasteiger partial charge in [0.1, 0.15) is 9.84 Å². The fourth-order valence-corrected chi connectivity index (χ4v) is 4.86. The van der Waals surface area contributed by atoms with Crippen LogP contribution in [-0.2, 0) is 14.6 Å². The lowest BCUT2D eigenvalue weighted by Gasteiger charge is -2.52. The molecule has 0 aromatic rings. The van der Waals surface area contributed by atoms with Crippen LogP contribution in [0.3, 0.4) is 0 Å². The molecule has 1 saturated carbocycles. The monoisotopic (exact) mass is 317 g/mol. The van der Waals surface area contributed by atoms with Crippen LogP contribution in [0.2, 0.25) is 0 Å². The van der Waals surface area contributed by atoms with Crippen molar-refractivity contribution in [3.05, 3.63) is 0 Å². The van der Waals surface area contributed by atoms with E-state index in [-0.39, 0.29) is 5.41 Å². The average molecular weight is 317 g/mol. The molecule has 2 atom stereocenters. The summed E-state index contributed by atoms with van der Waals surface area (Å²) in [6.45, 7) is 10.7. The lowest BCUT2D eigenvalue weighted by Crippen LogP contribution is -2.61. The maximum Gasteiger partial charge on any atom is 0.150 e. The highest BCUT2D eigenvalue weighted by Crippen LogP contribution is 2.43. The Morgan fingerprint density at radius 2 is 1.86 bits per heavy atom. The van der Waals surface area contributed by atoms with E-state index in [1.54, 1.807) is 0 Å². The minimum absolute atomic E-state index is 0.176. The first-order valence-corrected chi connectivity index (χ1v) is 10.1. The molecule has 1 aliphatic heterocycles. The first kappa shape index (κ1) is 17.2. The second kappa shape index (κ2) is 6.55. The molecular formula is C16H31NO3S. The quantitative estimate of drug-likeness (QED) is 0.816. The smallest absolute Gasteiger partial charge is 0.150 e. The van der Waals surface area contributed by atoms with Gasteiger partial charge in [0.2, 0.25) is 0 Å². The summed E-state index contributed by atoms with van der Waals surface area (Å²) in [6.07, 6.45) is 3.06. The van der Waals surface area contributed by atoms with Gasteiger partial charge in [0.25, 0.3) is 0 Å². The van der Waals surface area contributed by atoms with Crippen molar-refractivity contribution >= 4 is 9.84 Å². The van der Waals surface area contributed by atoms with Crippen molar-refractivity contribution in [2.24, 2.45) is 17.3 Å². The number of ether oxygens (including phenoxy) is 1. The standard InChI is InChI=1S/C16H31NO3S/c1-12(2)11-20-15-9-14(16(15,3)4)17-10-13-5-7-21(18,19)8-6-13/h12-15,17H,5-11H2,1-4H3/t14-,15-/m0/s1. The first-order valence-electron chi connectivity index (χ1n) is 8.26. The zero-order valence-corrected chi connectivity index (χ0v) is 14.7. The second-order valence-corrected chi connectivity index (χ2v) is 10.1. The Bertz CT molecular complexity index is 430. The summed E-state index contributed by atoms with van der Waals surface area (Å²) in [6, 6.07) is 0.494. The highest BCUT2D eigenvalue weighted by Gasteiger charge is 2.48. The average Bonchev–Trinajstić information content (AvgIpc) is 2.38. The Hall–Kier alpha value is -0.130. The molecule has 0 aromatic heterocycles. The van der Waals surface area contributed by atoms with Gasteiger partial charge in [-0.2, -0.15) is 0 Å². The van der Waals surface area contributed by atoms with Crippen molar-refractivity contribution in [2.45, 2.75) is 59.1 Å². The van der Waals surface area contributed by atoms with E-state index in [2.05, 4.69) is 33.0 Å². The first-order chi connectivity index (χ1) is 9.71. The van der Waals surface area contributed by atoms with Gasteiger partial charge in [-0.05, 0) is 37.6 Å². The fraction of sp³-hybridized carbons (Fsp3) is 1.00. The van der Waals surface area contributed by atoms with Crippen molar-refractivity contribution in [1.29, 1.82) is 0 Å². The van der Waals surface area contributed by atoms with Crippen LogP contribution in [0.5, 0.6) is 0 Å². The van der Waals surface area contributed by atoms with E-state index in [4.69, 9.17) is 4.74 Å². The van der Waals surface area contributed by atoms with E-state index in [1.807, 2.05) is 0 Å². The highest BCUT2D eigenvalue weighted by atomic mass is 32.2. The number of rotatable bonds is 6. The van der Waals surface area contributed by atoms with Gasteiger partial charge < -0.3 is 10.1 Å². The lowest BCUT2D eigenvalue weighted by atomic mass is 9.64. The van der Waals surface area contributed by atoms with Crippen molar-refractivity contribution < 1.29 is 13.2 Å². The molecule has 1 N–H and O–H groups in total. The third kappa shape index (κ3) is 4.42. The van der Waals surface area contributed by atoms with E-state index in [0.29, 0.717) is 35.5 Å². The Morgan fingerprint density at radius 3 is 2.38 bits per heavy atom. The maximum atomic E-state index is 11.4. The molecule has 0 bridgehead atoms. The molecule has 2 aliphatic rings. The molecular weight excluding hydrogens is 286 g/mol. The zero-order valence-electron chi connectivity index (χ0n) is 13.9. The van der Waals surface area contributed by atoms with Gasteiger partial charge in [-0.3, -0.25) is 0 Å². The van der Waals surface area contributed by atoms with Gasteiger partial charge in [0.15, 0.2) is 0 Å². The molecule has 21 heavy (non-hydrogen) atoms. The predicted octanol–water partition coefficient (Wildman–Crippen LogP) is 2.24. The number of hydrogen-bond acceptors (Lipinski definition) is 4. The summed E-state index contributed by atoms with van der Waals surface area (Å²) in [5.41, 5.74) is 0.176. The van der Waals surface area contributed by atoms with Crippen molar-refractivity contribution in [1.82, 2.24) is 5.32 Å². The zero-order chi connectivity index (χ0) is 15.7.